The van der Waals surface area contributed by atoms with Crippen LogP contribution in [-0.4, -0.2) is 62.3 Å². The molecule has 162 valence electrons. The molecule has 1 aliphatic rings. The van der Waals surface area contributed by atoms with Crippen molar-refractivity contribution in [1.82, 2.24) is 9.21 Å². The van der Waals surface area contributed by atoms with Crippen LogP contribution in [0, 0.1) is 6.92 Å². The molecule has 1 saturated heterocycles. The molecule has 7 heteroatoms. The molecule has 0 radical (unpaired) electrons. The van der Waals surface area contributed by atoms with Crippen LogP contribution in [0.1, 0.15) is 25.0 Å². The Morgan fingerprint density at radius 2 is 1.67 bits per heavy atom. The quantitative estimate of drug-likeness (QED) is 0.721. The van der Waals surface area contributed by atoms with Crippen LogP contribution in [0.15, 0.2) is 59.5 Å². The summed E-state index contributed by atoms with van der Waals surface area (Å²) in [5.74, 6) is 0.117. The second-order valence-electron chi connectivity index (χ2n) is 7.94. The zero-order valence-electron chi connectivity index (χ0n) is 18.0. The zero-order valence-corrected chi connectivity index (χ0v) is 18.9. The molecule has 0 saturated carbocycles. The number of quaternary nitrogens is 1. The summed E-state index contributed by atoms with van der Waals surface area (Å²) >= 11 is 0. The van der Waals surface area contributed by atoms with E-state index in [2.05, 4.69) is 0 Å². The summed E-state index contributed by atoms with van der Waals surface area (Å²) in [7, 11) is -3.49. The summed E-state index contributed by atoms with van der Waals surface area (Å²) in [5.41, 5.74) is 2.15. The molecule has 0 aliphatic carbocycles. The fourth-order valence-corrected chi connectivity index (χ4v) is 5.35. The van der Waals surface area contributed by atoms with Gasteiger partial charge < -0.3 is 9.80 Å². The lowest BCUT2D eigenvalue weighted by Crippen LogP contribution is -3.19. The summed E-state index contributed by atoms with van der Waals surface area (Å²) < 4.78 is 27.4. The number of piperazine rings is 1. The van der Waals surface area contributed by atoms with Gasteiger partial charge in [-0.1, -0.05) is 48.0 Å². The first-order chi connectivity index (χ1) is 14.3. The molecule has 6 nitrogen and oxygen atoms in total. The van der Waals surface area contributed by atoms with Crippen LogP contribution in [0.25, 0.3) is 0 Å². The third-order valence-corrected chi connectivity index (χ3v) is 7.83. The van der Waals surface area contributed by atoms with E-state index in [0.29, 0.717) is 44.2 Å². The van der Waals surface area contributed by atoms with Gasteiger partial charge in [-0.3, -0.25) is 4.79 Å². The van der Waals surface area contributed by atoms with Crippen molar-refractivity contribution in [2.45, 2.75) is 38.3 Å². The maximum atomic E-state index is 13.1. The molecule has 1 amide bonds. The third-order valence-electron chi connectivity index (χ3n) is 5.92. The first-order valence-corrected chi connectivity index (χ1v) is 12.0. The van der Waals surface area contributed by atoms with E-state index in [1.165, 1.54) is 0 Å². The Kier molecular flexibility index (Phi) is 7.28. The first-order valence-electron chi connectivity index (χ1n) is 10.6. The summed E-state index contributed by atoms with van der Waals surface area (Å²) in [6.45, 7) is 9.24. The predicted octanol–water partition coefficient (Wildman–Crippen LogP) is 1.32. The number of carbonyl (C=O) groups is 1. The van der Waals surface area contributed by atoms with Crippen molar-refractivity contribution in [3.8, 4) is 0 Å². The van der Waals surface area contributed by atoms with Gasteiger partial charge in [0.25, 0.3) is 5.91 Å². The van der Waals surface area contributed by atoms with Crippen LogP contribution < -0.4 is 4.90 Å². The number of rotatable bonds is 7. The van der Waals surface area contributed by atoms with Crippen molar-refractivity contribution in [3.05, 3.63) is 65.7 Å². The van der Waals surface area contributed by atoms with Gasteiger partial charge in [-0.2, -0.15) is 4.31 Å². The Bertz CT molecular complexity index is 937. The van der Waals surface area contributed by atoms with Gasteiger partial charge in [0.2, 0.25) is 10.0 Å². The Morgan fingerprint density at radius 3 is 2.23 bits per heavy atom. The molecule has 1 fully saturated rings. The molecule has 0 spiro atoms. The summed E-state index contributed by atoms with van der Waals surface area (Å²) in [4.78, 5) is 16.4. The van der Waals surface area contributed by atoms with E-state index in [-0.39, 0.29) is 11.9 Å². The second-order valence-corrected chi connectivity index (χ2v) is 9.87. The smallest absolute Gasteiger partial charge is 0.280 e. The Labute approximate surface area is 180 Å². The number of benzene rings is 2. The van der Waals surface area contributed by atoms with Gasteiger partial charge in [0.15, 0.2) is 6.04 Å². The van der Waals surface area contributed by atoms with Crippen LogP contribution >= 0.6 is 0 Å². The van der Waals surface area contributed by atoms with E-state index in [1.807, 2.05) is 68.1 Å². The number of amides is 1. The highest BCUT2D eigenvalue weighted by molar-refractivity contribution is 7.89. The topological polar surface area (TPSA) is 62.1 Å². The fourth-order valence-electron chi connectivity index (χ4n) is 3.90. The molecular formula is C23H32N3O3S+. The lowest BCUT2D eigenvalue weighted by Gasteiger charge is -2.35. The van der Waals surface area contributed by atoms with E-state index in [4.69, 9.17) is 0 Å². The maximum absolute atomic E-state index is 13.1. The number of aryl methyl sites for hydroxylation is 1. The van der Waals surface area contributed by atoms with Crippen LogP contribution in [0.4, 0.5) is 0 Å². The number of nitrogens with one attached hydrogen (secondary N) is 1. The van der Waals surface area contributed by atoms with Crippen molar-refractivity contribution in [3.63, 3.8) is 0 Å². The number of hydrogen-bond acceptors (Lipinski definition) is 3. The van der Waals surface area contributed by atoms with Crippen LogP contribution in [0.2, 0.25) is 0 Å². The molecule has 2 aromatic rings. The van der Waals surface area contributed by atoms with Crippen molar-refractivity contribution >= 4 is 15.9 Å². The molecule has 0 unspecified atom stereocenters. The van der Waals surface area contributed by atoms with E-state index < -0.39 is 10.0 Å². The molecule has 1 heterocycles. The monoisotopic (exact) mass is 430 g/mol. The van der Waals surface area contributed by atoms with Gasteiger partial charge in [-0.15, -0.1) is 0 Å². The summed E-state index contributed by atoms with van der Waals surface area (Å²) in [6, 6.07) is 16.8. The highest BCUT2D eigenvalue weighted by Crippen LogP contribution is 2.16. The molecule has 1 N–H and O–H groups in total. The lowest BCUT2D eigenvalue weighted by atomic mass is 10.1. The van der Waals surface area contributed by atoms with Gasteiger partial charge in [0, 0.05) is 13.1 Å². The molecule has 0 aromatic heterocycles. The number of carbonyl (C=O) groups excluding carboxylic acids is 1. The van der Waals surface area contributed by atoms with Crippen LogP contribution in [-0.2, 0) is 21.4 Å². The molecule has 1 atom stereocenters. The molecule has 30 heavy (non-hydrogen) atoms. The molecule has 0 bridgehead atoms. The molecular weight excluding hydrogens is 398 g/mol. The van der Waals surface area contributed by atoms with Gasteiger partial charge >= 0.3 is 0 Å². The third kappa shape index (κ3) is 5.09. The number of hydrogen-bond donors (Lipinski definition) is 1. The van der Waals surface area contributed by atoms with Gasteiger partial charge in [-0.05, 0) is 38.5 Å². The zero-order chi connectivity index (χ0) is 21.7. The van der Waals surface area contributed by atoms with E-state index in [0.717, 1.165) is 16.0 Å². The number of sulfonamides is 1. The predicted molar refractivity (Wildman–Crippen MR) is 118 cm³/mol. The average molecular weight is 431 g/mol. The van der Waals surface area contributed by atoms with E-state index in [1.54, 1.807) is 16.4 Å². The largest absolute Gasteiger partial charge is 0.334 e. The SMILES string of the molecule is CCN(Cc1ccccc1)C(=O)[C@@H](C)[NH+]1CCN(S(=O)(=O)c2ccc(C)cc2)CC1. The maximum Gasteiger partial charge on any atom is 0.280 e. The minimum absolute atomic E-state index is 0.117. The van der Waals surface area contributed by atoms with E-state index in [9.17, 15) is 13.2 Å². The van der Waals surface area contributed by atoms with Crippen LogP contribution in [0.3, 0.4) is 0 Å². The Morgan fingerprint density at radius 1 is 1.07 bits per heavy atom. The number of likely N-dealkylation sites (N-methyl/N-ethyl adjacent to an activating group) is 1. The Balaban J connectivity index is 1.60. The summed E-state index contributed by atoms with van der Waals surface area (Å²) in [5, 5.41) is 0. The minimum Gasteiger partial charge on any atom is -0.334 e. The molecule has 2 aromatic carbocycles. The highest BCUT2D eigenvalue weighted by atomic mass is 32.2. The molecule has 1 aliphatic heterocycles. The average Bonchev–Trinajstić information content (AvgIpc) is 2.77. The summed E-state index contributed by atoms with van der Waals surface area (Å²) in [6.07, 6.45) is 0. The van der Waals surface area contributed by atoms with Crippen molar-refractivity contribution in [2.75, 3.05) is 32.7 Å². The van der Waals surface area contributed by atoms with Crippen LogP contribution in [0.5, 0.6) is 0 Å². The van der Waals surface area contributed by atoms with Crippen molar-refractivity contribution in [1.29, 1.82) is 0 Å². The lowest BCUT2D eigenvalue weighted by molar-refractivity contribution is -0.918. The first kappa shape index (κ1) is 22.5. The fraction of sp³-hybridized carbons (Fsp3) is 0.435. The van der Waals surface area contributed by atoms with Gasteiger partial charge in [0.05, 0.1) is 31.1 Å². The Hall–Kier alpha value is -2.22. The minimum atomic E-state index is -3.49. The van der Waals surface area contributed by atoms with Crippen molar-refractivity contribution in [2.24, 2.45) is 0 Å². The number of nitrogens with zero attached hydrogens (tertiary/aromatic N) is 2. The van der Waals surface area contributed by atoms with E-state index >= 15 is 0 Å². The second kappa shape index (κ2) is 9.73. The molecule has 3 rings (SSSR count). The standard InChI is InChI=1S/C23H31N3O3S/c1-4-24(18-21-8-6-5-7-9-21)23(27)20(3)25-14-16-26(17-15-25)30(28,29)22-12-10-19(2)11-13-22/h5-13,20H,4,14-18H2,1-3H3/p+1/t20-/m1/s1. The van der Waals surface area contributed by atoms with Gasteiger partial charge in [0.1, 0.15) is 0 Å². The van der Waals surface area contributed by atoms with Crippen molar-refractivity contribution < 1.29 is 18.1 Å². The normalized spacial score (nSPS) is 16.9. The van der Waals surface area contributed by atoms with Gasteiger partial charge in [-0.25, -0.2) is 8.42 Å². The highest BCUT2D eigenvalue weighted by Gasteiger charge is 2.35.